The second-order valence-electron chi connectivity index (χ2n) is 9.63. The van der Waals surface area contributed by atoms with E-state index in [0.717, 1.165) is 12.0 Å². The molecule has 37 heavy (non-hydrogen) atoms. The molecule has 2 fully saturated rings. The van der Waals surface area contributed by atoms with Crippen molar-refractivity contribution < 1.29 is 23.8 Å². The number of nitrogens with one attached hydrogen (secondary N) is 1. The zero-order chi connectivity index (χ0) is 26.0. The van der Waals surface area contributed by atoms with E-state index in [0.29, 0.717) is 36.9 Å². The number of amides is 2. The first-order valence-corrected chi connectivity index (χ1v) is 12.2. The van der Waals surface area contributed by atoms with Gasteiger partial charge in [-0.25, -0.2) is 4.79 Å². The van der Waals surface area contributed by atoms with Gasteiger partial charge in [0.2, 0.25) is 0 Å². The molecular weight excluding hydrogens is 478 g/mol. The molecule has 12 nitrogen and oxygen atoms in total. The van der Waals surface area contributed by atoms with Crippen molar-refractivity contribution in [2.75, 3.05) is 19.8 Å². The number of carbonyl (C=O) groups excluding carboxylic acids is 2. The SMILES string of the molecule is CC(N)(N)C(=O)N[C@H](COCc1ccccc1)c1nnc2cccc(COC(=O)N3CC4CC3CO4)n12. The highest BCUT2D eigenvalue weighted by Crippen LogP contribution is 2.28. The number of benzene rings is 1. The van der Waals surface area contributed by atoms with Gasteiger partial charge in [0.25, 0.3) is 5.91 Å². The smallest absolute Gasteiger partial charge is 0.410 e. The Kier molecular flexibility index (Phi) is 7.07. The zero-order valence-electron chi connectivity index (χ0n) is 20.6. The predicted molar refractivity (Wildman–Crippen MR) is 132 cm³/mol. The van der Waals surface area contributed by atoms with Gasteiger partial charge in [0.05, 0.1) is 44.2 Å². The number of fused-ring (bicyclic) bond motifs is 3. The van der Waals surface area contributed by atoms with Gasteiger partial charge in [-0.05, 0) is 31.0 Å². The lowest BCUT2D eigenvalue weighted by atomic mass is 10.2. The number of pyridine rings is 1. The van der Waals surface area contributed by atoms with Crippen LogP contribution in [-0.2, 0) is 32.2 Å². The molecule has 3 atom stereocenters. The molecule has 2 amide bonds. The lowest BCUT2D eigenvalue weighted by Gasteiger charge is -2.26. The van der Waals surface area contributed by atoms with Gasteiger partial charge in [-0.15, -0.1) is 10.2 Å². The molecule has 12 heteroatoms. The van der Waals surface area contributed by atoms with E-state index in [9.17, 15) is 9.59 Å². The summed E-state index contributed by atoms with van der Waals surface area (Å²) in [5.74, 6) is -0.172. The van der Waals surface area contributed by atoms with E-state index in [1.165, 1.54) is 6.92 Å². The average Bonchev–Trinajstić information content (AvgIpc) is 3.63. The first kappa shape index (κ1) is 25.1. The van der Waals surface area contributed by atoms with Crippen molar-refractivity contribution in [2.24, 2.45) is 11.5 Å². The molecule has 196 valence electrons. The number of nitrogens with zero attached hydrogens (tertiary/aromatic N) is 4. The molecule has 4 heterocycles. The number of morpholine rings is 1. The highest BCUT2D eigenvalue weighted by atomic mass is 16.6. The van der Waals surface area contributed by atoms with E-state index >= 15 is 0 Å². The summed E-state index contributed by atoms with van der Waals surface area (Å²) in [6.07, 6.45) is 0.535. The minimum atomic E-state index is -1.60. The van der Waals surface area contributed by atoms with E-state index in [-0.39, 0.29) is 31.5 Å². The number of carbonyl (C=O) groups is 2. The van der Waals surface area contributed by atoms with Crippen molar-refractivity contribution in [3.63, 3.8) is 0 Å². The molecule has 2 aliphatic rings. The van der Waals surface area contributed by atoms with Crippen LogP contribution in [0, 0.1) is 0 Å². The van der Waals surface area contributed by atoms with E-state index in [4.69, 9.17) is 25.7 Å². The minimum Gasteiger partial charge on any atom is -0.443 e. The molecule has 3 aromatic rings. The standard InChI is InChI=1S/C25H31N7O5/c1-25(26,27)23(33)28-20(15-35-12-16-6-3-2-4-7-16)22-30-29-21-9-5-8-17(32(21)22)13-37-24(34)31-11-19-10-18(31)14-36-19/h2-9,18-20H,10-15,26-27H2,1H3,(H,28,33)/t18?,19?,20-/m1/s1. The second kappa shape index (κ2) is 10.4. The Bertz CT molecular complexity index is 1260. The van der Waals surface area contributed by atoms with Crippen molar-refractivity contribution in [3.8, 4) is 0 Å². The number of ether oxygens (including phenoxy) is 3. The summed E-state index contributed by atoms with van der Waals surface area (Å²) < 4.78 is 18.9. The van der Waals surface area contributed by atoms with Gasteiger partial charge in [-0.1, -0.05) is 36.4 Å². The van der Waals surface area contributed by atoms with Crippen LogP contribution >= 0.6 is 0 Å². The van der Waals surface area contributed by atoms with Crippen molar-refractivity contribution in [1.29, 1.82) is 0 Å². The monoisotopic (exact) mass is 509 g/mol. The highest BCUT2D eigenvalue weighted by molar-refractivity contribution is 5.85. The third-order valence-electron chi connectivity index (χ3n) is 6.51. The Labute approximate surface area is 213 Å². The van der Waals surface area contributed by atoms with Crippen molar-refractivity contribution in [1.82, 2.24) is 24.8 Å². The van der Waals surface area contributed by atoms with Gasteiger partial charge < -0.3 is 35.9 Å². The average molecular weight is 510 g/mol. The fraction of sp³-hybridized carbons (Fsp3) is 0.440. The summed E-state index contributed by atoms with van der Waals surface area (Å²) in [7, 11) is 0. The van der Waals surface area contributed by atoms with Crippen LogP contribution in [0.5, 0.6) is 0 Å². The Morgan fingerprint density at radius 3 is 2.68 bits per heavy atom. The summed E-state index contributed by atoms with van der Waals surface area (Å²) in [4.78, 5) is 27.1. The van der Waals surface area contributed by atoms with Gasteiger partial charge in [-0.2, -0.15) is 0 Å². The topological polar surface area (TPSA) is 159 Å². The quantitative estimate of drug-likeness (QED) is 0.355. The summed E-state index contributed by atoms with van der Waals surface area (Å²) in [6, 6.07) is 14.4. The van der Waals surface area contributed by atoms with E-state index in [1.54, 1.807) is 21.4 Å². The molecule has 2 aromatic heterocycles. The lowest BCUT2D eigenvalue weighted by Crippen LogP contribution is -2.59. The summed E-state index contributed by atoms with van der Waals surface area (Å²) >= 11 is 0. The van der Waals surface area contributed by atoms with Crippen LogP contribution < -0.4 is 16.8 Å². The van der Waals surface area contributed by atoms with Crippen molar-refractivity contribution in [2.45, 2.75) is 50.4 Å². The number of hydrogen-bond acceptors (Lipinski definition) is 9. The van der Waals surface area contributed by atoms with Gasteiger partial charge in [0, 0.05) is 0 Å². The third-order valence-corrected chi connectivity index (χ3v) is 6.51. The third kappa shape index (κ3) is 5.57. The van der Waals surface area contributed by atoms with Gasteiger partial charge in [0.15, 0.2) is 11.5 Å². The van der Waals surface area contributed by atoms with E-state index in [2.05, 4.69) is 15.5 Å². The largest absolute Gasteiger partial charge is 0.443 e. The maximum absolute atomic E-state index is 12.7. The molecule has 2 aliphatic heterocycles. The summed E-state index contributed by atoms with van der Waals surface area (Å²) in [5, 5.41) is 11.4. The zero-order valence-corrected chi connectivity index (χ0v) is 20.6. The molecule has 2 saturated heterocycles. The van der Waals surface area contributed by atoms with E-state index < -0.39 is 17.6 Å². The van der Waals surface area contributed by atoms with Crippen LogP contribution in [0.2, 0.25) is 0 Å². The van der Waals surface area contributed by atoms with Gasteiger partial charge in [0.1, 0.15) is 18.3 Å². The lowest BCUT2D eigenvalue weighted by molar-refractivity contribution is -0.127. The van der Waals surface area contributed by atoms with Crippen LogP contribution in [0.1, 0.15) is 36.5 Å². The number of rotatable bonds is 9. The number of nitrogens with two attached hydrogens (primary N) is 2. The Morgan fingerprint density at radius 2 is 1.97 bits per heavy atom. The molecule has 0 spiro atoms. The predicted octanol–water partition coefficient (Wildman–Crippen LogP) is 0.847. The molecule has 1 aromatic carbocycles. The van der Waals surface area contributed by atoms with Crippen molar-refractivity contribution >= 4 is 17.6 Å². The van der Waals surface area contributed by atoms with Gasteiger partial charge >= 0.3 is 6.09 Å². The molecule has 5 N–H and O–H groups in total. The highest BCUT2D eigenvalue weighted by Gasteiger charge is 2.42. The molecule has 0 saturated carbocycles. The summed E-state index contributed by atoms with van der Waals surface area (Å²) in [6.45, 7) is 2.90. The molecule has 0 radical (unpaired) electrons. The number of likely N-dealkylation sites (tertiary alicyclic amines) is 1. The molecular formula is C25H31N7O5. The maximum Gasteiger partial charge on any atom is 0.410 e. The first-order chi connectivity index (χ1) is 17.8. The van der Waals surface area contributed by atoms with Crippen LogP contribution in [0.4, 0.5) is 4.79 Å². The number of aromatic nitrogens is 3. The minimum absolute atomic E-state index is 0.00696. The maximum atomic E-state index is 12.7. The molecule has 2 unspecified atom stereocenters. The first-order valence-electron chi connectivity index (χ1n) is 12.2. The molecule has 2 bridgehead atoms. The fourth-order valence-corrected chi connectivity index (χ4v) is 4.57. The fourth-order valence-electron chi connectivity index (χ4n) is 4.57. The Hall–Kier alpha value is -3.58. The number of hydrogen-bond donors (Lipinski definition) is 3. The normalized spacial score (nSPS) is 19.8. The molecule has 0 aliphatic carbocycles. The second-order valence-corrected chi connectivity index (χ2v) is 9.63. The summed E-state index contributed by atoms with van der Waals surface area (Å²) in [5.41, 5.74) is 12.2. The Balaban J connectivity index is 1.35. The van der Waals surface area contributed by atoms with Crippen LogP contribution in [-0.4, -0.2) is 69.1 Å². The van der Waals surface area contributed by atoms with E-state index in [1.807, 2.05) is 36.4 Å². The van der Waals surface area contributed by atoms with Crippen molar-refractivity contribution in [3.05, 3.63) is 65.6 Å². The van der Waals surface area contributed by atoms with Crippen LogP contribution in [0.25, 0.3) is 5.65 Å². The van der Waals surface area contributed by atoms with Crippen LogP contribution in [0.3, 0.4) is 0 Å². The van der Waals surface area contributed by atoms with Gasteiger partial charge in [-0.3, -0.25) is 9.20 Å². The Morgan fingerprint density at radius 1 is 1.16 bits per heavy atom. The molecule has 5 rings (SSSR count). The van der Waals surface area contributed by atoms with Crippen LogP contribution in [0.15, 0.2) is 48.5 Å².